The molecule has 6 aromatic rings. The Bertz CT molecular complexity index is 2080. The predicted molar refractivity (Wildman–Crippen MR) is 241 cm³/mol. The van der Waals surface area contributed by atoms with Gasteiger partial charge in [0.15, 0.2) is 0 Å². The lowest BCUT2D eigenvalue weighted by atomic mass is 9.72. The first kappa shape index (κ1) is 41.8. The quantitative estimate of drug-likeness (QED) is 0.120. The maximum Gasteiger partial charge on any atom is 0.244 e. The number of halogens is 1. The van der Waals surface area contributed by atoms with Crippen molar-refractivity contribution in [2.24, 2.45) is 11.1 Å². The van der Waals surface area contributed by atoms with Crippen LogP contribution in [-0.4, -0.2) is 17.4 Å². The molecule has 4 N–H and O–H groups in total. The minimum absolute atomic E-state index is 0. The Kier molecular flexibility index (Phi) is 14.4. The molecule has 2 aliphatic rings. The molecule has 8 rings (SSSR count). The van der Waals surface area contributed by atoms with Gasteiger partial charge in [-0.2, -0.15) is 0 Å². The molecule has 57 heavy (non-hydrogen) atoms. The molecule has 2 atom stereocenters. The summed E-state index contributed by atoms with van der Waals surface area (Å²) in [5.41, 5.74) is 14.7. The Balaban J connectivity index is 0.000000189. The van der Waals surface area contributed by atoms with Gasteiger partial charge >= 0.3 is 0 Å². The van der Waals surface area contributed by atoms with Crippen LogP contribution in [-0.2, 0) is 46.8 Å². The monoisotopic (exact) mass is 811 g/mol. The highest BCUT2D eigenvalue weighted by Gasteiger charge is 2.38. The van der Waals surface area contributed by atoms with Crippen LogP contribution in [0.2, 0.25) is 0 Å². The normalized spacial score (nSPS) is 18.0. The Labute approximate surface area is 352 Å². The molecule has 6 aromatic carbocycles. The van der Waals surface area contributed by atoms with Crippen LogP contribution < -0.4 is 16.4 Å². The Morgan fingerprint density at radius 1 is 0.526 bits per heavy atom. The second-order valence-electron chi connectivity index (χ2n) is 15.1. The van der Waals surface area contributed by atoms with Gasteiger partial charge in [-0.25, -0.2) is 0 Å². The number of hydrogen-bond donors (Lipinski definition) is 3. The van der Waals surface area contributed by atoms with Crippen molar-refractivity contribution in [2.45, 2.75) is 72.3 Å². The smallest absolute Gasteiger partial charge is 0.244 e. The summed E-state index contributed by atoms with van der Waals surface area (Å²) in [7, 11) is 0. The van der Waals surface area contributed by atoms with Crippen LogP contribution in [0.4, 0.5) is 11.4 Å². The molecule has 0 saturated heterocycles. The number of nitrogens with two attached hydrogens (primary N) is 1. The van der Waals surface area contributed by atoms with E-state index in [1.54, 1.807) is 11.8 Å². The molecule has 0 aromatic heterocycles. The Morgan fingerprint density at radius 3 is 1.42 bits per heavy atom. The van der Waals surface area contributed by atoms with Gasteiger partial charge in [0.25, 0.3) is 0 Å². The highest BCUT2D eigenvalue weighted by molar-refractivity contribution is 7.98. The van der Waals surface area contributed by atoms with Crippen LogP contribution in [0.15, 0.2) is 168 Å². The summed E-state index contributed by atoms with van der Waals surface area (Å²) in [5, 5.41) is 6.15. The average molecular weight is 813 g/mol. The number of thioether (sulfide) groups is 2. The van der Waals surface area contributed by atoms with Gasteiger partial charge in [0, 0.05) is 32.7 Å². The SMILES string of the molecule is CC1(C(=O)Nc2ccc(SCc3ccccc3)cc2)CCc2ccccc2C1.Cl.NC1(C(=O)Nc2ccc(SCc3ccccc3)cc2)CCc2ccccc2C1. The number of amides is 2. The highest BCUT2D eigenvalue weighted by atomic mass is 35.5. The van der Waals surface area contributed by atoms with Gasteiger partial charge in [0.2, 0.25) is 11.8 Å². The third kappa shape index (κ3) is 11.2. The van der Waals surface area contributed by atoms with Crippen LogP contribution in [0.1, 0.15) is 53.1 Å². The molecule has 0 bridgehead atoms. The lowest BCUT2D eigenvalue weighted by Crippen LogP contribution is -2.54. The maximum atomic E-state index is 13.0. The molecule has 0 aliphatic heterocycles. The van der Waals surface area contributed by atoms with E-state index in [0.717, 1.165) is 48.6 Å². The van der Waals surface area contributed by atoms with E-state index in [0.29, 0.717) is 12.8 Å². The van der Waals surface area contributed by atoms with Crippen LogP contribution in [0.25, 0.3) is 0 Å². The third-order valence-corrected chi connectivity index (χ3v) is 13.0. The molecule has 0 saturated carbocycles. The van der Waals surface area contributed by atoms with E-state index in [9.17, 15) is 9.59 Å². The summed E-state index contributed by atoms with van der Waals surface area (Å²) in [6.07, 6.45) is 4.76. The van der Waals surface area contributed by atoms with E-state index in [1.165, 1.54) is 43.2 Å². The fraction of sp³-hybridized carbons (Fsp3) is 0.224. The van der Waals surface area contributed by atoms with Gasteiger partial charge in [0.05, 0.1) is 5.41 Å². The number of fused-ring (bicyclic) bond motifs is 2. The van der Waals surface area contributed by atoms with E-state index in [-0.39, 0.29) is 29.6 Å². The van der Waals surface area contributed by atoms with Crippen LogP contribution in [0.5, 0.6) is 0 Å². The largest absolute Gasteiger partial charge is 0.326 e. The van der Waals surface area contributed by atoms with E-state index >= 15 is 0 Å². The number of carbonyl (C=O) groups excluding carboxylic acids is 2. The van der Waals surface area contributed by atoms with Gasteiger partial charge in [-0.05, 0) is 120 Å². The van der Waals surface area contributed by atoms with Gasteiger partial charge in [-0.15, -0.1) is 35.9 Å². The number of benzene rings is 6. The summed E-state index contributed by atoms with van der Waals surface area (Å²) in [6.45, 7) is 2.09. The molecule has 0 fully saturated rings. The molecule has 292 valence electrons. The minimum Gasteiger partial charge on any atom is -0.326 e. The lowest BCUT2D eigenvalue weighted by molar-refractivity contribution is -0.125. The Hall–Kier alpha value is -4.79. The van der Waals surface area contributed by atoms with E-state index in [1.807, 2.05) is 72.4 Å². The molecule has 2 unspecified atom stereocenters. The summed E-state index contributed by atoms with van der Waals surface area (Å²) < 4.78 is 0. The zero-order valence-electron chi connectivity index (χ0n) is 32.3. The van der Waals surface area contributed by atoms with Crippen molar-refractivity contribution in [1.82, 2.24) is 0 Å². The first-order chi connectivity index (χ1) is 27.2. The van der Waals surface area contributed by atoms with E-state index in [2.05, 4.69) is 115 Å². The molecular formula is C49H50ClN3O2S2. The topological polar surface area (TPSA) is 84.2 Å². The summed E-state index contributed by atoms with van der Waals surface area (Å²) in [4.78, 5) is 28.2. The highest BCUT2D eigenvalue weighted by Crippen LogP contribution is 2.37. The van der Waals surface area contributed by atoms with Crippen LogP contribution in [0, 0.1) is 5.41 Å². The zero-order valence-corrected chi connectivity index (χ0v) is 34.7. The van der Waals surface area contributed by atoms with Crippen molar-refractivity contribution in [3.05, 3.63) is 191 Å². The second kappa shape index (κ2) is 19.6. The number of carbonyl (C=O) groups is 2. The van der Waals surface area contributed by atoms with Gasteiger partial charge in [-0.1, -0.05) is 116 Å². The summed E-state index contributed by atoms with van der Waals surface area (Å²) >= 11 is 3.59. The van der Waals surface area contributed by atoms with E-state index in [4.69, 9.17) is 5.73 Å². The van der Waals surface area contributed by atoms with E-state index < -0.39 is 5.54 Å². The van der Waals surface area contributed by atoms with Crippen molar-refractivity contribution in [3.63, 3.8) is 0 Å². The standard InChI is InChI=1S/C25H25NOS.C24H24N2OS.ClH/c1-25(16-15-20-9-5-6-10-21(20)17-25)24(27)26-22-11-13-23(14-12-22)28-18-19-7-3-2-4-8-19;25-24(15-14-19-8-4-5-9-20(19)16-24)23(27)26-21-10-12-22(13-11-21)28-17-18-6-2-1-3-7-18;/h2-14H,15-18H2,1H3,(H,26,27);1-13H,14-17,25H2,(H,26,27);1H. The summed E-state index contributed by atoms with van der Waals surface area (Å²) in [6, 6.07) is 53.8. The summed E-state index contributed by atoms with van der Waals surface area (Å²) in [5.74, 6) is 1.89. The average Bonchev–Trinajstić information content (AvgIpc) is 3.24. The molecule has 8 heteroatoms. The number of anilines is 2. The van der Waals surface area contributed by atoms with Gasteiger partial charge in [0.1, 0.15) is 5.54 Å². The van der Waals surface area contributed by atoms with Crippen molar-refractivity contribution < 1.29 is 9.59 Å². The zero-order chi connectivity index (χ0) is 38.8. The van der Waals surface area contributed by atoms with Crippen molar-refractivity contribution in [2.75, 3.05) is 10.6 Å². The molecule has 2 aliphatic carbocycles. The van der Waals surface area contributed by atoms with Crippen molar-refractivity contribution >= 4 is 59.1 Å². The molecule has 0 heterocycles. The van der Waals surface area contributed by atoms with Crippen LogP contribution >= 0.6 is 35.9 Å². The van der Waals surface area contributed by atoms with Crippen molar-refractivity contribution in [3.8, 4) is 0 Å². The second-order valence-corrected chi connectivity index (χ2v) is 17.2. The third-order valence-electron chi connectivity index (χ3n) is 10.8. The fourth-order valence-electron chi connectivity index (χ4n) is 7.33. The van der Waals surface area contributed by atoms with Crippen LogP contribution in [0.3, 0.4) is 0 Å². The first-order valence-corrected chi connectivity index (χ1v) is 21.3. The van der Waals surface area contributed by atoms with Gasteiger partial charge in [-0.3, -0.25) is 9.59 Å². The molecular weight excluding hydrogens is 762 g/mol. The predicted octanol–water partition coefficient (Wildman–Crippen LogP) is 11.3. The number of nitrogens with one attached hydrogen (secondary N) is 2. The molecule has 0 radical (unpaired) electrons. The number of rotatable bonds is 10. The van der Waals surface area contributed by atoms with Crippen molar-refractivity contribution in [1.29, 1.82) is 0 Å². The minimum atomic E-state index is -0.852. The molecule has 2 amide bonds. The Morgan fingerprint density at radius 2 is 0.930 bits per heavy atom. The number of aryl methyl sites for hydroxylation is 2. The van der Waals surface area contributed by atoms with Gasteiger partial charge < -0.3 is 16.4 Å². The molecule has 0 spiro atoms. The fourth-order valence-corrected chi connectivity index (χ4v) is 9.04. The maximum absolute atomic E-state index is 13.0. The molecule has 5 nitrogen and oxygen atoms in total. The number of hydrogen-bond acceptors (Lipinski definition) is 5. The lowest BCUT2D eigenvalue weighted by Gasteiger charge is -2.33. The first-order valence-electron chi connectivity index (χ1n) is 19.3.